The predicted octanol–water partition coefficient (Wildman–Crippen LogP) is 2.83. The first kappa shape index (κ1) is 16.3. The molecule has 4 nitrogen and oxygen atoms in total. The molecular weight excluding hydrogens is 304 g/mol. The van der Waals surface area contributed by atoms with Crippen molar-refractivity contribution in [2.24, 2.45) is 0 Å². The van der Waals surface area contributed by atoms with Gasteiger partial charge in [-0.2, -0.15) is 0 Å². The number of amides is 1. The van der Waals surface area contributed by atoms with Crippen LogP contribution in [0.3, 0.4) is 0 Å². The molecule has 1 saturated heterocycles. The van der Waals surface area contributed by atoms with Crippen molar-refractivity contribution in [3.63, 3.8) is 0 Å². The molecule has 23 heavy (non-hydrogen) atoms. The molecule has 6 heteroatoms. The van der Waals surface area contributed by atoms with Crippen LogP contribution in [-0.4, -0.2) is 38.4 Å². The number of carbonyl (C=O) groups excluding carboxylic acids is 1. The fourth-order valence-corrected chi connectivity index (χ4v) is 3.16. The third-order valence-corrected chi connectivity index (χ3v) is 4.37. The quantitative estimate of drug-likeness (QED) is 0.854. The second-order valence-corrected chi connectivity index (χ2v) is 5.97. The third-order valence-electron chi connectivity index (χ3n) is 4.37. The van der Waals surface area contributed by atoms with Gasteiger partial charge >= 0.3 is 0 Å². The molecule has 1 aromatic rings. The first-order valence-electron chi connectivity index (χ1n) is 8.13. The lowest BCUT2D eigenvalue weighted by Crippen LogP contribution is -2.37. The zero-order valence-electron chi connectivity index (χ0n) is 13.0. The zero-order chi connectivity index (χ0) is 16.2. The number of benzene rings is 1. The third kappa shape index (κ3) is 3.87. The normalized spacial score (nSPS) is 18.8. The lowest BCUT2D eigenvalue weighted by atomic mass is 10.0. The molecular formula is C17H21F2NO3. The Morgan fingerprint density at radius 3 is 2.87 bits per heavy atom. The molecule has 0 aromatic heterocycles. The van der Waals surface area contributed by atoms with Gasteiger partial charge in [-0.25, -0.2) is 8.78 Å². The SMILES string of the molecule is O=C(CCOC1CCOCC1)N1CCCc2c(F)cc(F)cc21. The van der Waals surface area contributed by atoms with Crippen molar-refractivity contribution in [2.75, 3.05) is 31.3 Å². The van der Waals surface area contributed by atoms with E-state index in [-0.39, 0.29) is 18.4 Å². The molecule has 0 saturated carbocycles. The number of halogens is 2. The summed E-state index contributed by atoms with van der Waals surface area (Å²) >= 11 is 0. The van der Waals surface area contributed by atoms with Gasteiger partial charge in [-0.1, -0.05) is 0 Å². The lowest BCUT2D eigenvalue weighted by Gasteiger charge is -2.30. The maximum Gasteiger partial charge on any atom is 0.229 e. The summed E-state index contributed by atoms with van der Waals surface area (Å²) in [6, 6.07) is 2.12. The highest BCUT2D eigenvalue weighted by molar-refractivity contribution is 5.94. The van der Waals surface area contributed by atoms with Crippen LogP contribution >= 0.6 is 0 Å². The van der Waals surface area contributed by atoms with Crippen molar-refractivity contribution >= 4 is 11.6 Å². The van der Waals surface area contributed by atoms with Gasteiger partial charge in [0.1, 0.15) is 11.6 Å². The van der Waals surface area contributed by atoms with Crippen LogP contribution < -0.4 is 4.90 Å². The van der Waals surface area contributed by atoms with Crippen LogP contribution in [0.4, 0.5) is 14.5 Å². The molecule has 3 rings (SSSR count). The van der Waals surface area contributed by atoms with E-state index in [2.05, 4.69) is 0 Å². The summed E-state index contributed by atoms with van der Waals surface area (Å²) < 4.78 is 38.3. The minimum atomic E-state index is -0.653. The van der Waals surface area contributed by atoms with Gasteiger partial charge in [-0.05, 0) is 31.7 Å². The second kappa shape index (κ2) is 7.36. The van der Waals surface area contributed by atoms with E-state index >= 15 is 0 Å². The van der Waals surface area contributed by atoms with Crippen molar-refractivity contribution < 1.29 is 23.0 Å². The van der Waals surface area contributed by atoms with Crippen LogP contribution in [0.2, 0.25) is 0 Å². The number of anilines is 1. The number of hydrogen-bond donors (Lipinski definition) is 0. The van der Waals surface area contributed by atoms with Crippen LogP contribution in [-0.2, 0) is 20.7 Å². The summed E-state index contributed by atoms with van der Waals surface area (Å²) in [7, 11) is 0. The van der Waals surface area contributed by atoms with E-state index in [4.69, 9.17) is 9.47 Å². The topological polar surface area (TPSA) is 38.8 Å². The Morgan fingerprint density at radius 1 is 1.30 bits per heavy atom. The van der Waals surface area contributed by atoms with E-state index < -0.39 is 11.6 Å². The predicted molar refractivity (Wildman–Crippen MR) is 81.4 cm³/mol. The smallest absolute Gasteiger partial charge is 0.229 e. The van der Waals surface area contributed by atoms with Crippen LogP contribution in [0.1, 0.15) is 31.2 Å². The zero-order valence-corrected chi connectivity index (χ0v) is 13.0. The average Bonchev–Trinajstić information content (AvgIpc) is 2.55. The molecule has 2 aliphatic rings. The number of rotatable bonds is 4. The van der Waals surface area contributed by atoms with Crippen molar-refractivity contribution in [1.82, 2.24) is 0 Å². The minimum Gasteiger partial charge on any atom is -0.381 e. The van der Waals surface area contributed by atoms with Crippen LogP contribution in [0.25, 0.3) is 0 Å². The number of carbonyl (C=O) groups is 1. The molecule has 0 N–H and O–H groups in total. The summed E-state index contributed by atoms with van der Waals surface area (Å²) in [5.74, 6) is -1.38. The summed E-state index contributed by atoms with van der Waals surface area (Å²) in [5.41, 5.74) is 0.793. The van der Waals surface area contributed by atoms with Gasteiger partial charge in [0.05, 0.1) is 24.8 Å². The van der Waals surface area contributed by atoms with E-state index in [9.17, 15) is 13.6 Å². The highest BCUT2D eigenvalue weighted by Gasteiger charge is 2.25. The molecule has 1 aromatic carbocycles. The molecule has 2 aliphatic heterocycles. The molecule has 1 fully saturated rings. The van der Waals surface area contributed by atoms with Gasteiger partial charge in [-0.15, -0.1) is 0 Å². The van der Waals surface area contributed by atoms with Crippen molar-refractivity contribution in [3.05, 3.63) is 29.3 Å². The van der Waals surface area contributed by atoms with Gasteiger partial charge in [0.25, 0.3) is 0 Å². The molecule has 126 valence electrons. The van der Waals surface area contributed by atoms with Crippen molar-refractivity contribution in [2.45, 2.75) is 38.2 Å². The molecule has 0 radical (unpaired) electrons. The monoisotopic (exact) mass is 325 g/mol. The first-order valence-corrected chi connectivity index (χ1v) is 8.13. The van der Waals surface area contributed by atoms with Crippen molar-refractivity contribution in [1.29, 1.82) is 0 Å². The summed E-state index contributed by atoms with van der Waals surface area (Å²) in [4.78, 5) is 13.9. The van der Waals surface area contributed by atoms with Crippen LogP contribution in [0.5, 0.6) is 0 Å². The molecule has 0 aliphatic carbocycles. The Balaban J connectivity index is 1.60. The Hall–Kier alpha value is -1.53. The lowest BCUT2D eigenvalue weighted by molar-refractivity contribution is -0.120. The van der Waals surface area contributed by atoms with E-state index in [1.165, 1.54) is 11.0 Å². The molecule has 0 atom stereocenters. The van der Waals surface area contributed by atoms with Gasteiger partial charge in [0, 0.05) is 31.4 Å². The van der Waals surface area contributed by atoms with Crippen molar-refractivity contribution in [3.8, 4) is 0 Å². The minimum absolute atomic E-state index is 0.139. The molecule has 0 spiro atoms. The average molecular weight is 325 g/mol. The van der Waals surface area contributed by atoms with Gasteiger partial charge < -0.3 is 14.4 Å². The van der Waals surface area contributed by atoms with Crippen LogP contribution in [0.15, 0.2) is 12.1 Å². The van der Waals surface area contributed by atoms with E-state index in [0.29, 0.717) is 50.5 Å². The maximum absolute atomic E-state index is 13.8. The number of hydrogen-bond acceptors (Lipinski definition) is 3. The summed E-state index contributed by atoms with van der Waals surface area (Å²) in [6.45, 7) is 2.20. The van der Waals surface area contributed by atoms with E-state index in [1.807, 2.05) is 0 Å². The van der Waals surface area contributed by atoms with Crippen LogP contribution in [0, 0.1) is 11.6 Å². The molecule has 0 bridgehead atoms. The first-order chi connectivity index (χ1) is 11.1. The summed E-state index contributed by atoms with van der Waals surface area (Å²) in [6.07, 6.45) is 3.26. The molecule has 1 amide bonds. The maximum atomic E-state index is 13.8. The van der Waals surface area contributed by atoms with Gasteiger partial charge in [0.2, 0.25) is 5.91 Å². The standard InChI is InChI=1S/C17H21F2NO3/c18-12-10-15(19)14-2-1-6-20(16(14)11-12)17(21)5-9-23-13-3-7-22-8-4-13/h10-11,13H,1-9H2. The number of ether oxygens (including phenoxy) is 2. The van der Waals surface area contributed by atoms with E-state index in [1.54, 1.807) is 0 Å². The van der Waals surface area contributed by atoms with Gasteiger partial charge in [0.15, 0.2) is 0 Å². The molecule has 2 heterocycles. The Bertz CT molecular complexity index is 573. The fraction of sp³-hybridized carbons (Fsp3) is 0.588. The number of fused-ring (bicyclic) bond motifs is 1. The van der Waals surface area contributed by atoms with Gasteiger partial charge in [-0.3, -0.25) is 4.79 Å². The highest BCUT2D eigenvalue weighted by atomic mass is 19.1. The largest absolute Gasteiger partial charge is 0.381 e. The Morgan fingerprint density at radius 2 is 2.09 bits per heavy atom. The Labute approximate surface area is 134 Å². The number of nitrogens with zero attached hydrogens (tertiary/aromatic N) is 1. The summed E-state index contributed by atoms with van der Waals surface area (Å²) in [5, 5.41) is 0. The second-order valence-electron chi connectivity index (χ2n) is 5.97. The highest BCUT2D eigenvalue weighted by Crippen LogP contribution is 2.30. The fourth-order valence-electron chi connectivity index (χ4n) is 3.16. The Kier molecular flexibility index (Phi) is 5.23. The molecule has 0 unspecified atom stereocenters. The van der Waals surface area contributed by atoms with E-state index in [0.717, 1.165) is 18.9 Å².